The molecular weight excluding hydrogens is 192 g/mol. The van der Waals surface area contributed by atoms with Crippen molar-refractivity contribution in [1.82, 2.24) is 5.32 Å². The largest absolute Gasteiger partial charge is 0.465 e. The van der Waals surface area contributed by atoms with Crippen LogP contribution in [-0.2, 0) is 11.3 Å². The van der Waals surface area contributed by atoms with Gasteiger partial charge in [-0.05, 0) is 32.9 Å². The van der Waals surface area contributed by atoms with Crippen molar-refractivity contribution in [2.75, 3.05) is 0 Å². The van der Waals surface area contributed by atoms with Crippen molar-refractivity contribution in [2.24, 2.45) is 5.73 Å². The second kappa shape index (κ2) is 4.49. The number of hydrogen-bond donors (Lipinski definition) is 2. The number of hydrogen-bond acceptors (Lipinski definition) is 3. The van der Waals surface area contributed by atoms with Crippen molar-refractivity contribution in [1.29, 1.82) is 0 Å². The second-order valence-electron chi connectivity index (χ2n) is 4.39. The average Bonchev–Trinajstić information content (AvgIpc) is 2.46. The molecule has 1 amide bonds. The Morgan fingerprint density at radius 1 is 1.53 bits per heavy atom. The first-order chi connectivity index (χ1) is 6.89. The summed E-state index contributed by atoms with van der Waals surface area (Å²) in [6, 6.07) is 3.83. The molecule has 0 bridgehead atoms. The summed E-state index contributed by atoms with van der Waals surface area (Å²) >= 11 is 0. The van der Waals surface area contributed by atoms with E-state index in [1.807, 2.05) is 32.9 Å². The molecule has 4 nitrogen and oxygen atoms in total. The molecule has 0 saturated heterocycles. The predicted molar refractivity (Wildman–Crippen MR) is 58.2 cm³/mol. The fourth-order valence-corrected chi connectivity index (χ4v) is 1.40. The zero-order valence-corrected chi connectivity index (χ0v) is 9.46. The summed E-state index contributed by atoms with van der Waals surface area (Å²) in [5, 5.41) is 3.23. The SMILES string of the molecule is Cc1ccc(CNC(C)(C)CC(N)=O)o1. The molecule has 1 heterocycles. The number of nitrogens with one attached hydrogen (secondary N) is 1. The fourth-order valence-electron chi connectivity index (χ4n) is 1.40. The van der Waals surface area contributed by atoms with Gasteiger partial charge in [0, 0.05) is 12.0 Å². The summed E-state index contributed by atoms with van der Waals surface area (Å²) in [5.74, 6) is 1.45. The molecule has 1 aromatic heterocycles. The third-order valence-electron chi connectivity index (χ3n) is 2.15. The van der Waals surface area contributed by atoms with E-state index < -0.39 is 0 Å². The molecule has 0 aliphatic carbocycles. The van der Waals surface area contributed by atoms with Gasteiger partial charge in [-0.3, -0.25) is 4.79 Å². The third-order valence-corrected chi connectivity index (χ3v) is 2.15. The number of furan rings is 1. The Labute approximate surface area is 89.8 Å². The van der Waals surface area contributed by atoms with Gasteiger partial charge < -0.3 is 15.5 Å². The van der Waals surface area contributed by atoms with Gasteiger partial charge in [0.05, 0.1) is 6.54 Å². The molecule has 1 rings (SSSR count). The van der Waals surface area contributed by atoms with E-state index in [1.165, 1.54) is 0 Å². The number of carbonyl (C=O) groups excluding carboxylic acids is 1. The topological polar surface area (TPSA) is 68.3 Å². The molecular formula is C11H18N2O2. The first-order valence-corrected chi connectivity index (χ1v) is 4.98. The summed E-state index contributed by atoms with van der Waals surface area (Å²) in [4.78, 5) is 10.8. The summed E-state index contributed by atoms with van der Waals surface area (Å²) in [6.07, 6.45) is 0.312. The van der Waals surface area contributed by atoms with Gasteiger partial charge in [-0.25, -0.2) is 0 Å². The molecule has 0 aliphatic heterocycles. The van der Waals surface area contributed by atoms with Crippen molar-refractivity contribution in [2.45, 2.75) is 39.3 Å². The van der Waals surface area contributed by atoms with Crippen LogP contribution in [0.3, 0.4) is 0 Å². The molecule has 0 aliphatic rings. The Bertz CT molecular complexity index is 342. The zero-order chi connectivity index (χ0) is 11.5. The first-order valence-electron chi connectivity index (χ1n) is 4.98. The van der Waals surface area contributed by atoms with Crippen LogP contribution in [0.4, 0.5) is 0 Å². The van der Waals surface area contributed by atoms with E-state index in [2.05, 4.69) is 5.32 Å². The van der Waals surface area contributed by atoms with Crippen LogP contribution < -0.4 is 11.1 Å². The standard InChI is InChI=1S/C11H18N2O2/c1-8-4-5-9(15-8)7-13-11(2,3)6-10(12)14/h4-5,13H,6-7H2,1-3H3,(H2,12,14). The Morgan fingerprint density at radius 3 is 2.67 bits per heavy atom. The van der Waals surface area contributed by atoms with Crippen molar-refractivity contribution in [3.8, 4) is 0 Å². The minimum absolute atomic E-state index is 0.299. The molecule has 0 fully saturated rings. The number of carbonyl (C=O) groups is 1. The summed E-state index contributed by atoms with van der Waals surface area (Å²) in [5.41, 5.74) is 4.85. The normalized spacial score (nSPS) is 11.7. The lowest BCUT2D eigenvalue weighted by Crippen LogP contribution is -2.42. The van der Waals surface area contributed by atoms with E-state index in [-0.39, 0.29) is 11.4 Å². The van der Waals surface area contributed by atoms with Crippen LogP contribution in [0.25, 0.3) is 0 Å². The molecule has 15 heavy (non-hydrogen) atoms. The maximum Gasteiger partial charge on any atom is 0.219 e. The molecule has 0 spiro atoms. The van der Waals surface area contributed by atoms with Crippen LogP contribution in [0, 0.1) is 6.92 Å². The lowest BCUT2D eigenvalue weighted by molar-refractivity contribution is -0.119. The highest BCUT2D eigenvalue weighted by Crippen LogP contribution is 2.11. The molecule has 1 aromatic rings. The number of primary amides is 1. The highest BCUT2D eigenvalue weighted by atomic mass is 16.3. The summed E-state index contributed by atoms with van der Waals surface area (Å²) in [7, 11) is 0. The van der Waals surface area contributed by atoms with E-state index >= 15 is 0 Å². The maximum atomic E-state index is 10.8. The van der Waals surface area contributed by atoms with E-state index in [4.69, 9.17) is 10.2 Å². The number of aryl methyl sites for hydroxylation is 1. The van der Waals surface area contributed by atoms with E-state index in [0.717, 1.165) is 11.5 Å². The van der Waals surface area contributed by atoms with E-state index in [9.17, 15) is 4.79 Å². The minimum Gasteiger partial charge on any atom is -0.465 e. The van der Waals surface area contributed by atoms with Crippen molar-refractivity contribution < 1.29 is 9.21 Å². The van der Waals surface area contributed by atoms with Gasteiger partial charge in [-0.1, -0.05) is 0 Å². The average molecular weight is 210 g/mol. The minimum atomic E-state index is -0.303. The molecule has 0 saturated carbocycles. The summed E-state index contributed by atoms with van der Waals surface area (Å²) < 4.78 is 5.41. The molecule has 84 valence electrons. The van der Waals surface area contributed by atoms with Crippen LogP contribution in [-0.4, -0.2) is 11.4 Å². The Kier molecular flexibility index (Phi) is 3.52. The van der Waals surface area contributed by atoms with Crippen LogP contribution in [0.5, 0.6) is 0 Å². The first kappa shape index (κ1) is 11.8. The molecule has 0 radical (unpaired) electrons. The van der Waals surface area contributed by atoms with E-state index in [0.29, 0.717) is 13.0 Å². The predicted octanol–water partition coefficient (Wildman–Crippen LogP) is 1.33. The van der Waals surface area contributed by atoms with Gasteiger partial charge in [-0.15, -0.1) is 0 Å². The highest BCUT2D eigenvalue weighted by molar-refractivity contribution is 5.74. The van der Waals surface area contributed by atoms with Gasteiger partial charge in [-0.2, -0.15) is 0 Å². The molecule has 0 aromatic carbocycles. The van der Waals surface area contributed by atoms with Crippen LogP contribution in [0.15, 0.2) is 16.5 Å². The Hall–Kier alpha value is -1.29. The summed E-state index contributed by atoms with van der Waals surface area (Å²) in [6.45, 7) is 6.38. The number of nitrogens with two attached hydrogens (primary N) is 1. The maximum absolute atomic E-state index is 10.8. The van der Waals surface area contributed by atoms with Gasteiger partial charge in [0.2, 0.25) is 5.91 Å². The Balaban J connectivity index is 2.45. The monoisotopic (exact) mass is 210 g/mol. The quantitative estimate of drug-likeness (QED) is 0.770. The zero-order valence-electron chi connectivity index (χ0n) is 9.46. The smallest absolute Gasteiger partial charge is 0.219 e. The molecule has 4 heteroatoms. The van der Waals surface area contributed by atoms with Crippen molar-refractivity contribution in [3.05, 3.63) is 23.7 Å². The lowest BCUT2D eigenvalue weighted by atomic mass is 10.0. The van der Waals surface area contributed by atoms with Gasteiger partial charge >= 0.3 is 0 Å². The van der Waals surface area contributed by atoms with Crippen LogP contribution in [0.1, 0.15) is 31.8 Å². The lowest BCUT2D eigenvalue weighted by Gasteiger charge is -2.24. The second-order valence-corrected chi connectivity index (χ2v) is 4.39. The molecule has 0 atom stereocenters. The fraction of sp³-hybridized carbons (Fsp3) is 0.545. The highest BCUT2D eigenvalue weighted by Gasteiger charge is 2.19. The van der Waals surface area contributed by atoms with E-state index in [1.54, 1.807) is 0 Å². The van der Waals surface area contributed by atoms with Crippen LogP contribution >= 0.6 is 0 Å². The molecule has 3 N–H and O–H groups in total. The molecule has 0 unspecified atom stereocenters. The number of rotatable bonds is 5. The van der Waals surface area contributed by atoms with Crippen LogP contribution in [0.2, 0.25) is 0 Å². The van der Waals surface area contributed by atoms with Gasteiger partial charge in [0.25, 0.3) is 0 Å². The van der Waals surface area contributed by atoms with Gasteiger partial charge in [0.15, 0.2) is 0 Å². The third kappa shape index (κ3) is 4.16. The van der Waals surface area contributed by atoms with Crippen molar-refractivity contribution in [3.63, 3.8) is 0 Å². The van der Waals surface area contributed by atoms with Gasteiger partial charge in [0.1, 0.15) is 11.5 Å². The number of amides is 1. The Morgan fingerprint density at radius 2 is 2.20 bits per heavy atom. The van der Waals surface area contributed by atoms with Crippen molar-refractivity contribution >= 4 is 5.91 Å².